The summed E-state index contributed by atoms with van der Waals surface area (Å²) in [5.41, 5.74) is 2.97. The molecule has 0 spiro atoms. The summed E-state index contributed by atoms with van der Waals surface area (Å²) in [6.45, 7) is 29.0. The third-order valence-electron chi connectivity index (χ3n) is 7.63. The monoisotopic (exact) mass is 548 g/mol. The van der Waals surface area contributed by atoms with Crippen molar-refractivity contribution in [3.8, 4) is 11.5 Å². The van der Waals surface area contributed by atoms with E-state index in [9.17, 15) is 4.79 Å². The molecule has 0 aliphatic heterocycles. The maximum atomic E-state index is 14.5. The molecule has 0 radical (unpaired) electrons. The van der Waals surface area contributed by atoms with E-state index in [-0.39, 0.29) is 17.3 Å². The number of hydrogen-bond donors (Lipinski definition) is 0. The largest absolute Gasteiger partial charge is 0.542 e. The molecule has 0 bridgehead atoms. The lowest BCUT2D eigenvalue weighted by molar-refractivity contribution is -0.150. The number of carbonyl (C=O) groups excluding carboxylic acids is 1. The van der Waals surface area contributed by atoms with Crippen LogP contribution in [0.5, 0.6) is 11.5 Å². The van der Waals surface area contributed by atoms with Crippen LogP contribution < -0.4 is 8.85 Å². The van der Waals surface area contributed by atoms with E-state index in [0.29, 0.717) is 5.92 Å². The van der Waals surface area contributed by atoms with E-state index >= 15 is 0 Å². The predicted molar refractivity (Wildman–Crippen MR) is 159 cm³/mol. The van der Waals surface area contributed by atoms with Crippen molar-refractivity contribution < 1.29 is 18.1 Å². The maximum absolute atomic E-state index is 14.5. The molecule has 1 fully saturated rings. The smallest absolute Gasteiger partial charge is 0.303 e. The zero-order valence-electron chi connectivity index (χ0n) is 25.4. The minimum atomic E-state index is -2.10. The van der Waals surface area contributed by atoms with Crippen molar-refractivity contribution >= 4 is 30.9 Å². The Bertz CT molecular complexity index is 996. The van der Waals surface area contributed by atoms with Crippen molar-refractivity contribution in [3.05, 3.63) is 22.8 Å². The molecule has 4 nitrogen and oxygen atoms in total. The van der Waals surface area contributed by atoms with Gasteiger partial charge in [0.15, 0.2) is 0 Å². The zero-order chi connectivity index (χ0) is 27.5. The van der Waals surface area contributed by atoms with Crippen LogP contribution in [0.4, 0.5) is 0 Å². The fourth-order valence-electron chi connectivity index (χ4n) is 6.44. The molecule has 2 aliphatic rings. The standard InChI is InChI=1S/C29H52O4Si3/c1-20(2)22-19-21-15-16-23-28(3,4)17-14-18-29(23,27(30)33-36(11,12)13)24(21)26(32-35(8,9)10)25(22)31-34(5,6)7/h19-20,23H,14-18H2,1-13H3. The summed E-state index contributed by atoms with van der Waals surface area (Å²) in [7, 11) is -6.10. The number of fused-ring (bicyclic) bond motifs is 3. The first-order chi connectivity index (χ1) is 16.2. The fraction of sp³-hybridized carbons (Fsp3) is 0.759. The van der Waals surface area contributed by atoms with Crippen LogP contribution in [0.3, 0.4) is 0 Å². The van der Waals surface area contributed by atoms with Crippen molar-refractivity contribution in [1.82, 2.24) is 0 Å². The normalized spacial score (nSPS) is 24.1. The van der Waals surface area contributed by atoms with Crippen molar-refractivity contribution in [2.24, 2.45) is 11.3 Å². The molecule has 2 aliphatic carbocycles. The molecule has 204 valence electrons. The minimum absolute atomic E-state index is 0.0166. The maximum Gasteiger partial charge on any atom is 0.303 e. The van der Waals surface area contributed by atoms with E-state index in [1.54, 1.807) is 0 Å². The second-order valence-corrected chi connectivity index (χ2v) is 28.4. The molecule has 7 heteroatoms. The number of hydrogen-bond acceptors (Lipinski definition) is 4. The number of benzene rings is 1. The van der Waals surface area contributed by atoms with E-state index < -0.39 is 30.4 Å². The third-order valence-corrected chi connectivity index (χ3v) is 10.1. The molecular weight excluding hydrogens is 497 g/mol. The number of rotatable bonds is 7. The lowest BCUT2D eigenvalue weighted by atomic mass is 9.49. The van der Waals surface area contributed by atoms with Gasteiger partial charge in [0.25, 0.3) is 0 Å². The highest BCUT2D eigenvalue weighted by Crippen LogP contribution is 2.62. The van der Waals surface area contributed by atoms with Gasteiger partial charge in [0.2, 0.25) is 25.0 Å². The first kappa shape index (κ1) is 29.5. The molecule has 2 atom stereocenters. The van der Waals surface area contributed by atoms with E-state index in [1.807, 2.05) is 0 Å². The van der Waals surface area contributed by atoms with E-state index in [0.717, 1.165) is 49.2 Å². The highest BCUT2D eigenvalue weighted by Gasteiger charge is 2.60. The van der Waals surface area contributed by atoms with Gasteiger partial charge in [-0.2, -0.15) is 0 Å². The van der Waals surface area contributed by atoms with E-state index in [4.69, 9.17) is 13.3 Å². The lowest BCUT2D eigenvalue weighted by Crippen LogP contribution is -2.57. The van der Waals surface area contributed by atoms with Crippen LogP contribution in [0.15, 0.2) is 6.07 Å². The van der Waals surface area contributed by atoms with Crippen molar-refractivity contribution in [3.63, 3.8) is 0 Å². The van der Waals surface area contributed by atoms with Crippen molar-refractivity contribution in [1.29, 1.82) is 0 Å². The van der Waals surface area contributed by atoms with Gasteiger partial charge in [-0.1, -0.05) is 40.2 Å². The van der Waals surface area contributed by atoms with E-state index in [2.05, 4.69) is 92.7 Å². The Hall–Kier alpha value is -1.06. The topological polar surface area (TPSA) is 44.8 Å². The van der Waals surface area contributed by atoms with Gasteiger partial charge >= 0.3 is 5.97 Å². The minimum Gasteiger partial charge on any atom is -0.542 e. The Kier molecular flexibility index (Phi) is 7.86. The molecule has 0 N–H and O–H groups in total. The summed E-state index contributed by atoms with van der Waals surface area (Å²) in [5.74, 6) is 2.28. The summed E-state index contributed by atoms with van der Waals surface area (Å²) in [6.07, 6.45) is 4.97. The van der Waals surface area contributed by atoms with Crippen LogP contribution in [0.25, 0.3) is 0 Å². The van der Waals surface area contributed by atoms with Crippen LogP contribution >= 0.6 is 0 Å². The van der Waals surface area contributed by atoms with Gasteiger partial charge in [-0.3, -0.25) is 4.79 Å². The van der Waals surface area contributed by atoms with Crippen LogP contribution in [-0.2, 0) is 21.1 Å². The second-order valence-electron chi connectivity index (χ2n) is 15.1. The van der Waals surface area contributed by atoms with Gasteiger partial charge in [0.1, 0.15) is 11.5 Å². The first-order valence-corrected chi connectivity index (χ1v) is 24.2. The summed E-state index contributed by atoms with van der Waals surface area (Å²) < 4.78 is 20.3. The molecule has 0 heterocycles. The average Bonchev–Trinajstić information content (AvgIpc) is 2.65. The van der Waals surface area contributed by atoms with Gasteiger partial charge < -0.3 is 13.3 Å². The summed E-state index contributed by atoms with van der Waals surface area (Å²) in [6, 6.07) is 2.36. The number of aryl methyl sites for hydroxylation is 1. The third kappa shape index (κ3) is 5.98. The molecule has 36 heavy (non-hydrogen) atoms. The predicted octanol–water partition coefficient (Wildman–Crippen LogP) is 8.63. The van der Waals surface area contributed by atoms with Crippen LogP contribution in [-0.4, -0.2) is 30.9 Å². The second kappa shape index (κ2) is 9.60. The molecule has 0 aromatic heterocycles. The van der Waals surface area contributed by atoms with Gasteiger partial charge in [-0.05, 0) is 113 Å². The molecule has 0 saturated heterocycles. The number of carbonyl (C=O) groups is 1. The zero-order valence-corrected chi connectivity index (χ0v) is 28.4. The summed E-state index contributed by atoms with van der Waals surface area (Å²) in [4.78, 5) is 14.5. The molecule has 3 rings (SSSR count). The Balaban J connectivity index is 2.46. The first-order valence-electron chi connectivity index (χ1n) is 14.0. The van der Waals surface area contributed by atoms with E-state index in [1.165, 1.54) is 11.1 Å². The average molecular weight is 549 g/mol. The van der Waals surface area contributed by atoms with Gasteiger partial charge in [0, 0.05) is 5.56 Å². The SMILES string of the molecule is CC(C)c1cc2c(c(O[Si](C)(C)C)c1O[Si](C)(C)C)C1(C(=O)O[Si](C)(C)C)CCCC(C)(C)C1CC2. The van der Waals surface area contributed by atoms with Crippen LogP contribution in [0.1, 0.15) is 76.0 Å². The molecule has 0 amide bonds. The quantitative estimate of drug-likeness (QED) is 0.320. The highest BCUT2D eigenvalue weighted by molar-refractivity contribution is 6.71. The lowest BCUT2D eigenvalue weighted by Gasteiger charge is -2.55. The Morgan fingerprint density at radius 1 is 0.889 bits per heavy atom. The Morgan fingerprint density at radius 3 is 1.94 bits per heavy atom. The van der Waals surface area contributed by atoms with Gasteiger partial charge in [-0.15, -0.1) is 0 Å². The highest BCUT2D eigenvalue weighted by atomic mass is 28.4. The van der Waals surface area contributed by atoms with Gasteiger partial charge in [0.05, 0.1) is 5.41 Å². The van der Waals surface area contributed by atoms with Crippen LogP contribution in [0, 0.1) is 11.3 Å². The molecule has 1 aromatic rings. The Labute approximate surface area is 224 Å². The molecular formula is C29H52O4Si3. The van der Waals surface area contributed by atoms with Crippen molar-refractivity contribution in [2.45, 2.75) is 130 Å². The molecule has 1 saturated carbocycles. The fourth-order valence-corrected chi connectivity index (χ4v) is 8.80. The summed E-state index contributed by atoms with van der Waals surface area (Å²) >= 11 is 0. The molecule has 2 unspecified atom stereocenters. The van der Waals surface area contributed by atoms with Gasteiger partial charge in [-0.25, -0.2) is 0 Å². The Morgan fingerprint density at radius 2 is 1.44 bits per heavy atom. The van der Waals surface area contributed by atoms with Crippen LogP contribution in [0.2, 0.25) is 58.9 Å². The molecule has 1 aromatic carbocycles. The van der Waals surface area contributed by atoms with Crippen molar-refractivity contribution in [2.75, 3.05) is 0 Å². The summed E-state index contributed by atoms with van der Waals surface area (Å²) in [5, 5.41) is 0.